The van der Waals surface area contributed by atoms with E-state index in [0.29, 0.717) is 5.92 Å². The predicted molar refractivity (Wildman–Crippen MR) is 93.1 cm³/mol. The number of rotatable bonds is 4. The van der Waals surface area contributed by atoms with E-state index >= 15 is 0 Å². The first kappa shape index (κ1) is 15.9. The van der Waals surface area contributed by atoms with E-state index in [0.717, 1.165) is 42.4 Å². The molecule has 0 radical (unpaired) electrons. The van der Waals surface area contributed by atoms with Gasteiger partial charge in [0.1, 0.15) is 0 Å². The van der Waals surface area contributed by atoms with Crippen LogP contribution in [0.2, 0.25) is 0 Å². The van der Waals surface area contributed by atoms with Gasteiger partial charge < -0.3 is 9.80 Å². The van der Waals surface area contributed by atoms with Gasteiger partial charge in [0.2, 0.25) is 0 Å². The van der Waals surface area contributed by atoms with Crippen LogP contribution in [-0.2, 0) is 0 Å². The number of likely N-dealkylation sites (tertiary alicyclic amines) is 1. The van der Waals surface area contributed by atoms with Crippen molar-refractivity contribution < 1.29 is 4.79 Å². The van der Waals surface area contributed by atoms with Crippen LogP contribution in [0, 0.1) is 19.8 Å². The monoisotopic (exact) mass is 330 g/mol. The molecule has 0 saturated carbocycles. The van der Waals surface area contributed by atoms with Gasteiger partial charge >= 0.3 is 0 Å². The fourth-order valence-electron chi connectivity index (χ4n) is 2.95. The molecule has 1 amide bonds. The highest BCUT2D eigenvalue weighted by Crippen LogP contribution is 2.23. The number of hydrogen-bond acceptors (Lipinski definition) is 5. The van der Waals surface area contributed by atoms with Crippen LogP contribution in [0.15, 0.2) is 24.3 Å². The van der Waals surface area contributed by atoms with Gasteiger partial charge in [0.05, 0.1) is 10.6 Å². The van der Waals surface area contributed by atoms with E-state index in [1.54, 1.807) is 11.3 Å². The first-order valence-corrected chi connectivity index (χ1v) is 8.72. The molecule has 1 saturated heterocycles. The highest BCUT2D eigenvalue weighted by Gasteiger charge is 2.28. The fourth-order valence-corrected chi connectivity index (χ4v) is 3.78. The Morgan fingerprint density at radius 1 is 1.30 bits per heavy atom. The minimum atomic E-state index is 0.170. The zero-order chi connectivity index (χ0) is 16.4. The molecule has 0 N–H and O–H groups in total. The Hall–Kier alpha value is -1.95. The zero-order valence-corrected chi connectivity index (χ0v) is 14.6. The van der Waals surface area contributed by atoms with Gasteiger partial charge in [0.25, 0.3) is 5.91 Å². The number of aryl methyl sites for hydroxylation is 2. The summed E-state index contributed by atoms with van der Waals surface area (Å²) in [7, 11) is 2.03. The maximum absolute atomic E-state index is 12.5. The highest BCUT2D eigenvalue weighted by atomic mass is 32.1. The SMILES string of the molecule is Cc1ccc(N(C)CC2CCN(C(=O)c3ccc(C)s3)C2)nn1. The standard InChI is InChI=1S/C17H22N4OS/c1-12-4-7-16(19-18-12)20(3)10-14-8-9-21(11-14)17(22)15-6-5-13(2)23-15/h4-7,14H,8-11H2,1-3H3. The second-order valence-electron chi connectivity index (χ2n) is 6.23. The minimum Gasteiger partial charge on any atom is -0.358 e. The van der Waals surface area contributed by atoms with Crippen LogP contribution in [0.25, 0.3) is 0 Å². The molecule has 2 aromatic rings. The lowest BCUT2D eigenvalue weighted by atomic mass is 10.1. The number of carbonyl (C=O) groups excluding carboxylic acids is 1. The largest absolute Gasteiger partial charge is 0.358 e. The van der Waals surface area contributed by atoms with E-state index < -0.39 is 0 Å². The van der Waals surface area contributed by atoms with E-state index in [9.17, 15) is 4.79 Å². The topological polar surface area (TPSA) is 49.3 Å². The molecule has 1 aliphatic rings. The summed E-state index contributed by atoms with van der Waals surface area (Å²) >= 11 is 1.58. The molecule has 3 heterocycles. The molecule has 1 atom stereocenters. The number of thiophene rings is 1. The molecule has 0 spiro atoms. The van der Waals surface area contributed by atoms with Crippen LogP contribution in [-0.4, -0.2) is 47.7 Å². The van der Waals surface area contributed by atoms with Crippen molar-refractivity contribution in [2.45, 2.75) is 20.3 Å². The Morgan fingerprint density at radius 3 is 2.78 bits per heavy atom. The van der Waals surface area contributed by atoms with Gasteiger partial charge in [0, 0.05) is 31.6 Å². The van der Waals surface area contributed by atoms with Crippen molar-refractivity contribution >= 4 is 23.1 Å². The maximum atomic E-state index is 12.5. The van der Waals surface area contributed by atoms with Gasteiger partial charge in [-0.25, -0.2) is 0 Å². The van der Waals surface area contributed by atoms with Gasteiger partial charge in [-0.2, -0.15) is 5.10 Å². The molecule has 0 aromatic carbocycles. The molecule has 23 heavy (non-hydrogen) atoms. The molecule has 3 rings (SSSR count). The summed E-state index contributed by atoms with van der Waals surface area (Å²) in [5, 5.41) is 8.33. The Morgan fingerprint density at radius 2 is 2.13 bits per heavy atom. The maximum Gasteiger partial charge on any atom is 0.263 e. The van der Waals surface area contributed by atoms with Crippen molar-refractivity contribution in [1.82, 2.24) is 15.1 Å². The molecule has 122 valence electrons. The van der Waals surface area contributed by atoms with Gasteiger partial charge in [0.15, 0.2) is 5.82 Å². The third-order valence-electron chi connectivity index (χ3n) is 4.23. The van der Waals surface area contributed by atoms with E-state index in [1.807, 2.05) is 50.1 Å². The Balaban J connectivity index is 1.57. The van der Waals surface area contributed by atoms with Crippen LogP contribution in [0.4, 0.5) is 5.82 Å². The average molecular weight is 330 g/mol. The van der Waals surface area contributed by atoms with Crippen molar-refractivity contribution in [2.24, 2.45) is 5.92 Å². The molecular formula is C17H22N4OS. The van der Waals surface area contributed by atoms with E-state index in [1.165, 1.54) is 4.88 Å². The smallest absolute Gasteiger partial charge is 0.263 e. The molecule has 2 aromatic heterocycles. The van der Waals surface area contributed by atoms with Crippen LogP contribution in [0.5, 0.6) is 0 Å². The number of nitrogens with zero attached hydrogens (tertiary/aromatic N) is 4. The van der Waals surface area contributed by atoms with Crippen LogP contribution >= 0.6 is 11.3 Å². The summed E-state index contributed by atoms with van der Waals surface area (Å²) in [5.74, 6) is 1.53. The fraction of sp³-hybridized carbons (Fsp3) is 0.471. The first-order valence-electron chi connectivity index (χ1n) is 7.90. The third kappa shape index (κ3) is 3.69. The molecule has 5 nitrogen and oxygen atoms in total. The van der Waals surface area contributed by atoms with Crippen molar-refractivity contribution in [3.05, 3.63) is 39.7 Å². The summed E-state index contributed by atoms with van der Waals surface area (Å²) in [6.07, 6.45) is 1.04. The molecule has 0 bridgehead atoms. The van der Waals surface area contributed by atoms with Crippen molar-refractivity contribution in [3.63, 3.8) is 0 Å². The van der Waals surface area contributed by atoms with Gasteiger partial charge in [-0.05, 0) is 50.5 Å². The number of hydrogen-bond donors (Lipinski definition) is 0. The Kier molecular flexibility index (Phi) is 4.61. The second-order valence-corrected chi connectivity index (χ2v) is 7.52. The second kappa shape index (κ2) is 6.66. The van der Waals surface area contributed by atoms with Crippen LogP contribution < -0.4 is 4.90 Å². The highest BCUT2D eigenvalue weighted by molar-refractivity contribution is 7.13. The average Bonchev–Trinajstić information content (AvgIpc) is 3.16. The molecular weight excluding hydrogens is 308 g/mol. The normalized spacial score (nSPS) is 17.5. The predicted octanol–water partition coefficient (Wildman–Crippen LogP) is 2.75. The summed E-state index contributed by atoms with van der Waals surface area (Å²) in [4.78, 5) is 18.6. The lowest BCUT2D eigenvalue weighted by Gasteiger charge is -2.22. The van der Waals surface area contributed by atoms with Gasteiger partial charge in [-0.1, -0.05) is 0 Å². The Bertz CT molecular complexity index is 682. The molecule has 1 aliphatic heterocycles. The summed E-state index contributed by atoms with van der Waals surface area (Å²) in [6, 6.07) is 7.91. The number of anilines is 1. The summed E-state index contributed by atoms with van der Waals surface area (Å²) in [6.45, 7) is 6.52. The van der Waals surface area contributed by atoms with Crippen LogP contribution in [0.3, 0.4) is 0 Å². The van der Waals surface area contributed by atoms with Crippen molar-refractivity contribution in [1.29, 1.82) is 0 Å². The van der Waals surface area contributed by atoms with E-state index in [4.69, 9.17) is 0 Å². The number of amides is 1. The van der Waals surface area contributed by atoms with E-state index in [-0.39, 0.29) is 5.91 Å². The molecule has 1 unspecified atom stereocenters. The van der Waals surface area contributed by atoms with Crippen LogP contribution in [0.1, 0.15) is 26.7 Å². The lowest BCUT2D eigenvalue weighted by Crippen LogP contribution is -2.31. The zero-order valence-electron chi connectivity index (χ0n) is 13.8. The minimum absolute atomic E-state index is 0.170. The van der Waals surface area contributed by atoms with Gasteiger partial charge in [-0.15, -0.1) is 16.4 Å². The number of aromatic nitrogens is 2. The quantitative estimate of drug-likeness (QED) is 0.865. The molecule has 0 aliphatic carbocycles. The first-order chi connectivity index (χ1) is 11.0. The van der Waals surface area contributed by atoms with E-state index in [2.05, 4.69) is 15.1 Å². The summed E-state index contributed by atoms with van der Waals surface area (Å²) < 4.78 is 0. The number of carbonyl (C=O) groups is 1. The third-order valence-corrected chi connectivity index (χ3v) is 5.22. The Labute approximate surface area is 140 Å². The molecule has 1 fully saturated rings. The van der Waals surface area contributed by atoms with Gasteiger partial charge in [-0.3, -0.25) is 4.79 Å². The lowest BCUT2D eigenvalue weighted by molar-refractivity contribution is 0.0792. The molecule has 6 heteroatoms. The van der Waals surface area contributed by atoms with Crippen molar-refractivity contribution in [2.75, 3.05) is 31.6 Å². The van der Waals surface area contributed by atoms with Crippen molar-refractivity contribution in [3.8, 4) is 0 Å². The summed E-state index contributed by atoms with van der Waals surface area (Å²) in [5.41, 5.74) is 0.922.